The van der Waals surface area contributed by atoms with E-state index in [4.69, 9.17) is 4.42 Å². The zero-order valence-corrected chi connectivity index (χ0v) is 13.6. The Kier molecular flexibility index (Phi) is 4.36. The minimum absolute atomic E-state index is 0.0120. The Labute approximate surface area is 135 Å². The molecule has 3 rings (SSSR count). The second-order valence-corrected chi connectivity index (χ2v) is 6.03. The Hall–Kier alpha value is -2.31. The fourth-order valence-corrected chi connectivity index (χ4v) is 2.69. The third kappa shape index (κ3) is 3.38. The number of hydrogen-bond donors (Lipinski definition) is 3. The Morgan fingerprint density at radius 3 is 2.78 bits per heavy atom. The number of benzene rings is 1. The zero-order valence-electron chi connectivity index (χ0n) is 13.6. The summed E-state index contributed by atoms with van der Waals surface area (Å²) in [5.41, 5.74) is 9.12. The maximum atomic E-state index is 12.4. The van der Waals surface area contributed by atoms with Crippen LogP contribution in [0.4, 0.5) is 11.4 Å². The highest BCUT2D eigenvalue weighted by Crippen LogP contribution is 2.25. The van der Waals surface area contributed by atoms with Gasteiger partial charge in [-0.2, -0.15) is 0 Å². The molecule has 6 nitrogen and oxygen atoms in total. The molecule has 6 heteroatoms. The third-order valence-corrected chi connectivity index (χ3v) is 4.09. The third-order valence-electron chi connectivity index (χ3n) is 4.09. The summed E-state index contributed by atoms with van der Waals surface area (Å²) in [6.45, 7) is 1.99. The molecule has 0 aliphatic carbocycles. The molecular formula is C17H22N4O2. The molecule has 1 aromatic heterocycles. The number of nitrogens with zero attached hydrogens (tertiary/aromatic N) is 1. The molecule has 2 unspecified atom stereocenters. The summed E-state index contributed by atoms with van der Waals surface area (Å²) in [6, 6.07) is 9.46. The SMILES string of the molecule is Cc1cc(N(C)C)ccc1NC(=O)C1CC(c2ccco2)NN1. The van der Waals surface area contributed by atoms with E-state index in [1.807, 2.05) is 50.2 Å². The molecule has 0 saturated carbocycles. The molecule has 2 atom stereocenters. The van der Waals surface area contributed by atoms with Crippen molar-refractivity contribution < 1.29 is 9.21 Å². The number of rotatable bonds is 4. The summed E-state index contributed by atoms with van der Waals surface area (Å²) in [4.78, 5) is 14.5. The van der Waals surface area contributed by atoms with Crippen LogP contribution < -0.4 is 21.1 Å². The van der Waals surface area contributed by atoms with Gasteiger partial charge in [0.05, 0.1) is 12.3 Å². The Morgan fingerprint density at radius 2 is 2.13 bits per heavy atom. The fraction of sp³-hybridized carbons (Fsp3) is 0.353. The molecule has 1 aliphatic rings. The molecular weight excluding hydrogens is 292 g/mol. The highest BCUT2D eigenvalue weighted by atomic mass is 16.3. The van der Waals surface area contributed by atoms with Crippen LogP contribution in [0.25, 0.3) is 0 Å². The molecule has 2 aromatic rings. The van der Waals surface area contributed by atoms with Crippen LogP contribution in [0.3, 0.4) is 0 Å². The minimum atomic E-state index is -0.293. The number of hydrogen-bond acceptors (Lipinski definition) is 5. The number of nitrogens with one attached hydrogen (secondary N) is 3. The molecule has 1 aliphatic heterocycles. The molecule has 0 spiro atoms. The van der Waals surface area contributed by atoms with Crippen LogP contribution in [0.5, 0.6) is 0 Å². The van der Waals surface area contributed by atoms with E-state index in [0.717, 1.165) is 22.7 Å². The van der Waals surface area contributed by atoms with Gasteiger partial charge in [-0.05, 0) is 49.2 Å². The molecule has 3 N–H and O–H groups in total. The first-order valence-corrected chi connectivity index (χ1v) is 7.68. The quantitative estimate of drug-likeness (QED) is 0.807. The van der Waals surface area contributed by atoms with Gasteiger partial charge in [0.25, 0.3) is 0 Å². The predicted molar refractivity (Wildman–Crippen MR) is 90.3 cm³/mol. The molecule has 0 radical (unpaired) electrons. The van der Waals surface area contributed by atoms with Crippen molar-refractivity contribution in [2.75, 3.05) is 24.3 Å². The van der Waals surface area contributed by atoms with Gasteiger partial charge < -0.3 is 14.6 Å². The number of aryl methyl sites for hydroxylation is 1. The molecule has 2 heterocycles. The van der Waals surface area contributed by atoms with Crippen LogP contribution in [0, 0.1) is 6.92 Å². The zero-order chi connectivity index (χ0) is 16.4. The van der Waals surface area contributed by atoms with Crippen molar-refractivity contribution in [2.45, 2.75) is 25.4 Å². The number of hydrazine groups is 1. The molecule has 1 aromatic carbocycles. The summed E-state index contributed by atoms with van der Waals surface area (Å²) in [6.07, 6.45) is 2.29. The van der Waals surface area contributed by atoms with Crippen molar-refractivity contribution in [2.24, 2.45) is 0 Å². The second kappa shape index (κ2) is 6.44. The topological polar surface area (TPSA) is 69.5 Å². The summed E-state index contributed by atoms with van der Waals surface area (Å²) in [5, 5.41) is 2.99. The van der Waals surface area contributed by atoms with Crippen molar-refractivity contribution >= 4 is 17.3 Å². The lowest BCUT2D eigenvalue weighted by Gasteiger charge is -2.16. The first kappa shape index (κ1) is 15.6. The summed E-state index contributed by atoms with van der Waals surface area (Å²) >= 11 is 0. The van der Waals surface area contributed by atoms with E-state index < -0.39 is 0 Å². The molecule has 23 heavy (non-hydrogen) atoms. The Morgan fingerprint density at radius 1 is 1.30 bits per heavy atom. The van der Waals surface area contributed by atoms with Gasteiger partial charge in [0.15, 0.2) is 0 Å². The van der Waals surface area contributed by atoms with E-state index in [0.29, 0.717) is 6.42 Å². The predicted octanol–water partition coefficient (Wildman–Crippen LogP) is 2.20. The van der Waals surface area contributed by atoms with Crippen LogP contribution >= 0.6 is 0 Å². The minimum Gasteiger partial charge on any atom is -0.468 e. The van der Waals surface area contributed by atoms with Crippen molar-refractivity contribution in [1.82, 2.24) is 10.9 Å². The van der Waals surface area contributed by atoms with Gasteiger partial charge in [-0.3, -0.25) is 4.79 Å². The second-order valence-electron chi connectivity index (χ2n) is 6.03. The van der Waals surface area contributed by atoms with Crippen LogP contribution in [0.1, 0.15) is 23.8 Å². The Bertz CT molecular complexity index is 682. The lowest BCUT2D eigenvalue weighted by atomic mass is 10.1. The van der Waals surface area contributed by atoms with Crippen LogP contribution in [0.2, 0.25) is 0 Å². The molecule has 1 saturated heterocycles. The van der Waals surface area contributed by atoms with Crippen molar-refractivity contribution in [3.05, 3.63) is 47.9 Å². The van der Waals surface area contributed by atoms with E-state index in [-0.39, 0.29) is 18.0 Å². The molecule has 122 valence electrons. The highest BCUT2D eigenvalue weighted by Gasteiger charge is 2.31. The Balaban J connectivity index is 1.64. The average molecular weight is 314 g/mol. The first-order valence-electron chi connectivity index (χ1n) is 7.68. The van der Waals surface area contributed by atoms with Gasteiger partial charge in [0.2, 0.25) is 5.91 Å². The standard InChI is InChI=1S/C17H22N4O2/c1-11-9-12(21(2)3)6-7-13(11)18-17(22)15-10-14(19-20-15)16-5-4-8-23-16/h4-9,14-15,19-20H,10H2,1-3H3,(H,18,22). The molecule has 0 bridgehead atoms. The van der Waals surface area contributed by atoms with Crippen molar-refractivity contribution in [3.63, 3.8) is 0 Å². The number of anilines is 2. The van der Waals surface area contributed by atoms with Crippen molar-refractivity contribution in [1.29, 1.82) is 0 Å². The number of carbonyl (C=O) groups is 1. The van der Waals surface area contributed by atoms with Gasteiger partial charge in [0.1, 0.15) is 11.8 Å². The normalized spacial score (nSPS) is 20.5. The molecule has 1 amide bonds. The number of amides is 1. The molecule has 1 fully saturated rings. The lowest BCUT2D eigenvalue weighted by Crippen LogP contribution is -2.39. The summed E-state index contributed by atoms with van der Waals surface area (Å²) < 4.78 is 5.38. The van der Waals surface area contributed by atoms with E-state index in [1.165, 1.54) is 0 Å². The maximum Gasteiger partial charge on any atom is 0.242 e. The first-order chi connectivity index (χ1) is 11.0. The largest absolute Gasteiger partial charge is 0.468 e. The van der Waals surface area contributed by atoms with E-state index in [9.17, 15) is 4.79 Å². The van der Waals surface area contributed by atoms with Gasteiger partial charge in [-0.15, -0.1) is 0 Å². The van der Waals surface area contributed by atoms with Gasteiger partial charge in [-0.1, -0.05) is 0 Å². The lowest BCUT2D eigenvalue weighted by molar-refractivity contribution is -0.117. The van der Waals surface area contributed by atoms with Gasteiger partial charge in [-0.25, -0.2) is 10.9 Å². The van der Waals surface area contributed by atoms with Crippen molar-refractivity contribution in [3.8, 4) is 0 Å². The monoisotopic (exact) mass is 314 g/mol. The highest BCUT2D eigenvalue weighted by molar-refractivity contribution is 5.95. The van der Waals surface area contributed by atoms with Crippen LogP contribution in [0.15, 0.2) is 41.0 Å². The smallest absolute Gasteiger partial charge is 0.242 e. The van der Waals surface area contributed by atoms with Crippen LogP contribution in [-0.4, -0.2) is 26.0 Å². The fourth-order valence-electron chi connectivity index (χ4n) is 2.69. The van der Waals surface area contributed by atoms with Gasteiger partial charge in [0, 0.05) is 25.5 Å². The van der Waals surface area contributed by atoms with E-state index in [2.05, 4.69) is 22.2 Å². The number of carbonyl (C=O) groups excluding carboxylic acids is 1. The summed E-state index contributed by atoms with van der Waals surface area (Å²) in [7, 11) is 3.99. The van der Waals surface area contributed by atoms with E-state index in [1.54, 1.807) is 6.26 Å². The maximum absolute atomic E-state index is 12.4. The van der Waals surface area contributed by atoms with E-state index >= 15 is 0 Å². The number of furan rings is 1. The van der Waals surface area contributed by atoms with Crippen LogP contribution in [-0.2, 0) is 4.79 Å². The van der Waals surface area contributed by atoms with Gasteiger partial charge >= 0.3 is 0 Å². The summed E-state index contributed by atoms with van der Waals surface area (Å²) in [5.74, 6) is 0.784. The average Bonchev–Trinajstić information content (AvgIpc) is 3.19.